The van der Waals surface area contributed by atoms with Crippen LogP contribution in [0.5, 0.6) is 0 Å². The highest BCUT2D eigenvalue weighted by Gasteiger charge is 2.30. The number of nitrogens with one attached hydrogen (secondary N) is 1. The zero-order valence-corrected chi connectivity index (χ0v) is 10.6. The van der Waals surface area contributed by atoms with E-state index >= 15 is 0 Å². The van der Waals surface area contributed by atoms with E-state index in [0.717, 1.165) is 12.8 Å². The molecule has 1 aliphatic heterocycles. The van der Waals surface area contributed by atoms with E-state index in [1.165, 1.54) is 0 Å². The summed E-state index contributed by atoms with van der Waals surface area (Å²) in [6.07, 6.45) is 3.81. The number of ether oxygens (including phenoxy) is 1. The summed E-state index contributed by atoms with van der Waals surface area (Å²) < 4.78 is 5.17. The summed E-state index contributed by atoms with van der Waals surface area (Å²) in [5, 5.41) is 12.9. The highest BCUT2D eigenvalue weighted by atomic mass is 16.5. The second-order valence-corrected chi connectivity index (χ2v) is 4.80. The lowest BCUT2D eigenvalue weighted by Gasteiger charge is -2.32. The molecule has 5 nitrogen and oxygen atoms in total. The Morgan fingerprint density at radius 1 is 1.53 bits per heavy atom. The highest BCUT2D eigenvalue weighted by molar-refractivity contribution is 5.81. The van der Waals surface area contributed by atoms with Crippen molar-refractivity contribution in [2.24, 2.45) is 5.73 Å². The molecular weight excluding hydrogens is 220 g/mol. The molecule has 1 aliphatic rings. The van der Waals surface area contributed by atoms with Gasteiger partial charge in [0.2, 0.25) is 5.91 Å². The van der Waals surface area contributed by atoms with E-state index in [1.54, 1.807) is 0 Å². The van der Waals surface area contributed by atoms with Crippen molar-refractivity contribution in [3.8, 4) is 0 Å². The molecule has 1 amide bonds. The lowest BCUT2D eigenvalue weighted by Crippen LogP contribution is -2.50. The van der Waals surface area contributed by atoms with Gasteiger partial charge in [-0.2, -0.15) is 0 Å². The first-order valence-corrected chi connectivity index (χ1v) is 6.41. The van der Waals surface area contributed by atoms with Crippen LogP contribution in [0.2, 0.25) is 0 Å². The Morgan fingerprint density at radius 3 is 2.76 bits per heavy atom. The number of rotatable bonds is 6. The van der Waals surface area contributed by atoms with E-state index in [4.69, 9.17) is 10.5 Å². The second kappa shape index (κ2) is 6.93. The number of hydrogen-bond donors (Lipinski definition) is 3. The summed E-state index contributed by atoms with van der Waals surface area (Å²) >= 11 is 0. The number of hydrogen-bond acceptors (Lipinski definition) is 4. The molecule has 0 saturated carbocycles. The Hall–Kier alpha value is -0.650. The fourth-order valence-electron chi connectivity index (χ4n) is 1.87. The molecule has 1 rings (SSSR count). The first-order chi connectivity index (χ1) is 8.07. The lowest BCUT2D eigenvalue weighted by molar-refractivity contribution is -0.125. The van der Waals surface area contributed by atoms with E-state index in [-0.39, 0.29) is 12.5 Å². The molecule has 0 aromatic heterocycles. The van der Waals surface area contributed by atoms with Gasteiger partial charge in [0.05, 0.1) is 11.6 Å². The molecule has 1 unspecified atom stereocenters. The molecule has 0 radical (unpaired) electrons. The minimum atomic E-state index is -0.821. The standard InChI is InChI=1S/C12H24N2O3/c1-2-3-4-10(13)11(15)14-9-12(16)5-7-17-8-6-12/h10,16H,2-9,13H2,1H3,(H,14,15). The van der Waals surface area contributed by atoms with E-state index in [0.29, 0.717) is 32.5 Å². The maximum Gasteiger partial charge on any atom is 0.237 e. The predicted molar refractivity (Wildman–Crippen MR) is 65.5 cm³/mol. The monoisotopic (exact) mass is 244 g/mol. The van der Waals surface area contributed by atoms with Gasteiger partial charge in [0.1, 0.15) is 0 Å². The SMILES string of the molecule is CCCCC(N)C(=O)NCC1(O)CCOCC1. The average molecular weight is 244 g/mol. The predicted octanol–water partition coefficient (Wildman–Crippen LogP) is 0.162. The number of carbonyl (C=O) groups excluding carboxylic acids is 1. The third kappa shape index (κ3) is 5.02. The normalized spacial score (nSPS) is 20.9. The van der Waals surface area contributed by atoms with Gasteiger partial charge in [0.15, 0.2) is 0 Å². The average Bonchev–Trinajstić information content (AvgIpc) is 2.34. The van der Waals surface area contributed by atoms with Crippen LogP contribution < -0.4 is 11.1 Å². The van der Waals surface area contributed by atoms with Gasteiger partial charge >= 0.3 is 0 Å². The summed E-state index contributed by atoms with van der Waals surface area (Å²) in [6, 6.07) is -0.460. The molecule has 100 valence electrons. The number of nitrogens with two attached hydrogens (primary N) is 1. The summed E-state index contributed by atoms with van der Waals surface area (Å²) in [5.74, 6) is -0.168. The number of unbranched alkanes of at least 4 members (excludes halogenated alkanes) is 1. The fraction of sp³-hybridized carbons (Fsp3) is 0.917. The molecule has 0 aliphatic carbocycles. The number of carbonyl (C=O) groups is 1. The third-order valence-corrected chi connectivity index (χ3v) is 3.22. The molecule has 17 heavy (non-hydrogen) atoms. The van der Waals surface area contributed by atoms with Crippen molar-refractivity contribution in [3.63, 3.8) is 0 Å². The zero-order valence-electron chi connectivity index (χ0n) is 10.6. The van der Waals surface area contributed by atoms with Crippen molar-refractivity contribution in [3.05, 3.63) is 0 Å². The van der Waals surface area contributed by atoms with E-state index in [1.807, 2.05) is 0 Å². The summed E-state index contributed by atoms with van der Waals surface area (Å²) in [5.41, 5.74) is 4.92. The third-order valence-electron chi connectivity index (χ3n) is 3.22. The molecule has 0 aromatic carbocycles. The molecule has 4 N–H and O–H groups in total. The van der Waals surface area contributed by atoms with Gasteiger partial charge in [-0.15, -0.1) is 0 Å². The van der Waals surface area contributed by atoms with Crippen LogP contribution in [0.1, 0.15) is 39.0 Å². The largest absolute Gasteiger partial charge is 0.388 e. The summed E-state index contributed by atoms with van der Waals surface area (Å²) in [6.45, 7) is 3.44. The van der Waals surface area contributed by atoms with Crippen LogP contribution in [0.4, 0.5) is 0 Å². The topological polar surface area (TPSA) is 84.6 Å². The molecule has 1 fully saturated rings. The van der Waals surface area contributed by atoms with Crippen LogP contribution in [-0.4, -0.2) is 42.4 Å². The molecule has 1 heterocycles. The summed E-state index contributed by atoms with van der Waals surface area (Å²) in [4.78, 5) is 11.7. The maximum atomic E-state index is 11.7. The van der Waals surface area contributed by atoms with Crippen LogP contribution in [0.25, 0.3) is 0 Å². The second-order valence-electron chi connectivity index (χ2n) is 4.80. The molecule has 1 atom stereocenters. The molecule has 5 heteroatoms. The Balaban J connectivity index is 2.26. The molecular formula is C12H24N2O3. The van der Waals surface area contributed by atoms with Gasteiger partial charge in [-0.05, 0) is 6.42 Å². The van der Waals surface area contributed by atoms with Gasteiger partial charge in [-0.25, -0.2) is 0 Å². The molecule has 0 bridgehead atoms. The van der Waals surface area contributed by atoms with Gasteiger partial charge in [-0.3, -0.25) is 4.79 Å². The number of amides is 1. The Kier molecular flexibility index (Phi) is 5.88. The highest BCUT2D eigenvalue weighted by Crippen LogP contribution is 2.19. The Morgan fingerprint density at radius 2 is 2.18 bits per heavy atom. The molecule has 0 aromatic rings. The van der Waals surface area contributed by atoms with Crippen molar-refractivity contribution < 1.29 is 14.6 Å². The van der Waals surface area contributed by atoms with Gasteiger partial charge in [-0.1, -0.05) is 19.8 Å². The zero-order chi connectivity index (χ0) is 12.7. The Labute approximate surface area is 103 Å². The van der Waals surface area contributed by atoms with Crippen LogP contribution in [0.15, 0.2) is 0 Å². The molecule has 0 spiro atoms. The number of aliphatic hydroxyl groups is 1. The minimum absolute atomic E-state index is 0.168. The van der Waals surface area contributed by atoms with Crippen LogP contribution in [-0.2, 0) is 9.53 Å². The van der Waals surface area contributed by atoms with Crippen molar-refractivity contribution in [2.75, 3.05) is 19.8 Å². The van der Waals surface area contributed by atoms with Crippen molar-refractivity contribution in [1.82, 2.24) is 5.32 Å². The summed E-state index contributed by atoms with van der Waals surface area (Å²) in [7, 11) is 0. The Bertz CT molecular complexity index is 240. The quantitative estimate of drug-likeness (QED) is 0.621. The van der Waals surface area contributed by atoms with E-state index < -0.39 is 11.6 Å². The van der Waals surface area contributed by atoms with Crippen molar-refractivity contribution in [2.45, 2.75) is 50.7 Å². The van der Waals surface area contributed by atoms with Crippen molar-refractivity contribution in [1.29, 1.82) is 0 Å². The smallest absolute Gasteiger partial charge is 0.237 e. The van der Waals surface area contributed by atoms with Crippen molar-refractivity contribution >= 4 is 5.91 Å². The lowest BCUT2D eigenvalue weighted by atomic mass is 9.94. The van der Waals surface area contributed by atoms with E-state index in [9.17, 15) is 9.90 Å². The maximum absolute atomic E-state index is 11.7. The fourth-order valence-corrected chi connectivity index (χ4v) is 1.87. The first kappa shape index (κ1) is 14.4. The van der Waals surface area contributed by atoms with Gasteiger partial charge in [0.25, 0.3) is 0 Å². The first-order valence-electron chi connectivity index (χ1n) is 6.41. The minimum Gasteiger partial charge on any atom is -0.388 e. The van der Waals surface area contributed by atoms with Gasteiger partial charge < -0.3 is 20.9 Å². The van der Waals surface area contributed by atoms with E-state index in [2.05, 4.69) is 12.2 Å². The van der Waals surface area contributed by atoms with Crippen LogP contribution in [0.3, 0.4) is 0 Å². The van der Waals surface area contributed by atoms with Crippen LogP contribution >= 0.6 is 0 Å². The molecule has 1 saturated heterocycles. The van der Waals surface area contributed by atoms with Crippen LogP contribution in [0, 0.1) is 0 Å². The van der Waals surface area contributed by atoms with Gasteiger partial charge in [0, 0.05) is 32.6 Å².